The number of ether oxygens (including phenoxy) is 1. The van der Waals surface area contributed by atoms with Gasteiger partial charge in [-0.25, -0.2) is 4.39 Å². The maximum atomic E-state index is 13.2. The highest BCUT2D eigenvalue weighted by atomic mass is 35.5. The molecule has 0 saturated heterocycles. The fourth-order valence-corrected chi connectivity index (χ4v) is 3.18. The summed E-state index contributed by atoms with van der Waals surface area (Å²) in [6.45, 7) is 0.555. The summed E-state index contributed by atoms with van der Waals surface area (Å²) in [5, 5.41) is 14.5. The topological polar surface area (TPSA) is 64.4 Å². The van der Waals surface area contributed by atoms with Gasteiger partial charge < -0.3 is 10.1 Å². The molecule has 0 aliphatic heterocycles. The van der Waals surface area contributed by atoms with Crippen molar-refractivity contribution in [2.24, 2.45) is 0 Å². The minimum Gasteiger partial charge on any atom is -0.486 e. The van der Waals surface area contributed by atoms with E-state index in [0.717, 1.165) is 11.3 Å². The Labute approximate surface area is 170 Å². The van der Waals surface area contributed by atoms with Crippen molar-refractivity contribution in [2.45, 2.75) is 13.2 Å². The highest BCUT2D eigenvalue weighted by Gasteiger charge is 2.11. The van der Waals surface area contributed by atoms with Crippen LogP contribution in [0, 0.1) is 15.9 Å². The molecule has 0 aromatic heterocycles. The zero-order valence-electron chi connectivity index (χ0n) is 14.5. The minimum absolute atomic E-state index is 0.0245. The Morgan fingerprint density at radius 1 is 1.00 bits per heavy atom. The summed E-state index contributed by atoms with van der Waals surface area (Å²) in [4.78, 5) is 10.2. The van der Waals surface area contributed by atoms with Gasteiger partial charge in [0, 0.05) is 24.4 Å². The van der Waals surface area contributed by atoms with Gasteiger partial charge in [-0.3, -0.25) is 10.1 Å². The molecule has 0 aliphatic carbocycles. The lowest BCUT2D eigenvalue weighted by molar-refractivity contribution is -0.384. The van der Waals surface area contributed by atoms with E-state index in [1.54, 1.807) is 36.4 Å². The molecule has 0 bridgehead atoms. The number of nitro groups is 1. The van der Waals surface area contributed by atoms with E-state index in [-0.39, 0.29) is 18.1 Å². The normalized spacial score (nSPS) is 10.5. The lowest BCUT2D eigenvalue weighted by Crippen LogP contribution is -2.01. The number of hydrogen-bond donors (Lipinski definition) is 1. The lowest BCUT2D eigenvalue weighted by atomic mass is 10.2. The first-order valence-corrected chi connectivity index (χ1v) is 9.01. The zero-order valence-corrected chi connectivity index (χ0v) is 16.0. The third-order valence-corrected chi connectivity index (χ3v) is 4.47. The van der Waals surface area contributed by atoms with Gasteiger partial charge in [0.15, 0.2) is 5.75 Å². The van der Waals surface area contributed by atoms with Crippen LogP contribution >= 0.6 is 23.2 Å². The van der Waals surface area contributed by atoms with Crippen molar-refractivity contribution in [3.63, 3.8) is 0 Å². The molecule has 0 heterocycles. The van der Waals surface area contributed by atoms with E-state index < -0.39 is 4.92 Å². The summed E-state index contributed by atoms with van der Waals surface area (Å²) in [5.41, 5.74) is 2.23. The van der Waals surface area contributed by atoms with Gasteiger partial charge in [-0.05, 0) is 47.5 Å². The maximum Gasteiger partial charge on any atom is 0.269 e. The second-order valence-corrected chi connectivity index (χ2v) is 6.78. The summed E-state index contributed by atoms with van der Waals surface area (Å²) in [7, 11) is 0. The van der Waals surface area contributed by atoms with Crippen LogP contribution in [0.3, 0.4) is 0 Å². The lowest BCUT2D eigenvalue weighted by Gasteiger charge is -2.13. The van der Waals surface area contributed by atoms with E-state index in [4.69, 9.17) is 27.9 Å². The highest BCUT2D eigenvalue weighted by molar-refractivity contribution is 6.37. The molecular formula is C20H15Cl2FN2O3. The minimum atomic E-state index is -0.452. The number of halogens is 3. The Hall–Kier alpha value is -2.83. The molecule has 5 nitrogen and oxygen atoms in total. The summed E-state index contributed by atoms with van der Waals surface area (Å²) >= 11 is 12.6. The molecular weight excluding hydrogens is 406 g/mol. The Morgan fingerprint density at radius 3 is 2.29 bits per heavy atom. The average molecular weight is 421 g/mol. The summed E-state index contributed by atoms with van der Waals surface area (Å²) < 4.78 is 18.9. The first-order chi connectivity index (χ1) is 13.4. The molecule has 0 unspecified atom stereocenters. The molecule has 0 aliphatic rings. The maximum absolute atomic E-state index is 13.2. The molecule has 0 amide bonds. The first kappa shape index (κ1) is 19.9. The van der Waals surface area contributed by atoms with Gasteiger partial charge in [0.25, 0.3) is 5.69 Å². The molecule has 0 radical (unpaired) electrons. The van der Waals surface area contributed by atoms with Crippen molar-refractivity contribution < 1.29 is 14.1 Å². The van der Waals surface area contributed by atoms with Crippen LogP contribution in [0.1, 0.15) is 11.1 Å². The van der Waals surface area contributed by atoms with E-state index in [1.807, 2.05) is 0 Å². The Kier molecular flexibility index (Phi) is 6.34. The number of nitrogens with one attached hydrogen (secondary N) is 1. The van der Waals surface area contributed by atoms with E-state index in [9.17, 15) is 14.5 Å². The molecule has 28 heavy (non-hydrogen) atoms. The number of rotatable bonds is 7. The van der Waals surface area contributed by atoms with Gasteiger partial charge in [0.05, 0.1) is 15.0 Å². The fourth-order valence-electron chi connectivity index (χ4n) is 2.54. The van der Waals surface area contributed by atoms with E-state index in [2.05, 4.69) is 5.32 Å². The molecule has 0 spiro atoms. The molecule has 3 aromatic carbocycles. The predicted octanol–water partition coefficient (Wildman–Crippen LogP) is 6.23. The van der Waals surface area contributed by atoms with Crippen LogP contribution in [0.2, 0.25) is 10.0 Å². The summed E-state index contributed by atoms with van der Waals surface area (Å²) in [5.74, 6) is -0.0161. The van der Waals surface area contributed by atoms with Crippen LogP contribution in [-0.4, -0.2) is 4.92 Å². The Morgan fingerprint density at radius 2 is 1.68 bits per heavy atom. The Balaban J connectivity index is 1.65. The largest absolute Gasteiger partial charge is 0.486 e. The molecule has 1 N–H and O–H groups in total. The number of non-ortho nitro benzene ring substituents is 1. The predicted molar refractivity (Wildman–Crippen MR) is 108 cm³/mol. The van der Waals surface area contributed by atoms with Crippen molar-refractivity contribution in [1.82, 2.24) is 0 Å². The molecule has 0 fully saturated rings. The number of nitro benzene ring substituents is 1. The van der Waals surface area contributed by atoms with Gasteiger partial charge in [0.1, 0.15) is 12.4 Å². The van der Waals surface area contributed by atoms with Crippen LogP contribution in [0.25, 0.3) is 0 Å². The van der Waals surface area contributed by atoms with Crippen molar-refractivity contribution in [3.05, 3.63) is 97.8 Å². The third-order valence-electron chi connectivity index (χ3n) is 3.91. The third kappa shape index (κ3) is 5.12. The van der Waals surface area contributed by atoms with E-state index >= 15 is 0 Å². The van der Waals surface area contributed by atoms with Crippen LogP contribution in [0.5, 0.6) is 5.75 Å². The van der Waals surface area contributed by atoms with Crippen LogP contribution in [0.4, 0.5) is 15.8 Å². The fraction of sp³-hybridized carbons (Fsp3) is 0.100. The van der Waals surface area contributed by atoms with Gasteiger partial charge in [-0.2, -0.15) is 0 Å². The highest BCUT2D eigenvalue weighted by Crippen LogP contribution is 2.35. The smallest absolute Gasteiger partial charge is 0.269 e. The standard InChI is InChI=1S/C20H15Cl2FN2O3/c21-18-9-14(11-24-16-4-6-17(7-5-16)25(26)27)10-19(22)20(18)28-12-13-2-1-3-15(23)8-13/h1-10,24H,11-12H2. The monoisotopic (exact) mass is 420 g/mol. The number of nitrogens with zero attached hydrogens (tertiary/aromatic N) is 1. The second kappa shape index (κ2) is 8.91. The van der Waals surface area contributed by atoms with Gasteiger partial charge in [-0.1, -0.05) is 35.3 Å². The quantitative estimate of drug-likeness (QED) is 0.363. The molecule has 144 valence electrons. The number of benzene rings is 3. The molecule has 0 atom stereocenters. The van der Waals surface area contributed by atoms with Gasteiger partial charge in [-0.15, -0.1) is 0 Å². The van der Waals surface area contributed by atoms with E-state index in [1.165, 1.54) is 24.3 Å². The van der Waals surface area contributed by atoms with Crippen molar-refractivity contribution in [3.8, 4) is 5.75 Å². The average Bonchev–Trinajstić information content (AvgIpc) is 2.66. The summed E-state index contributed by atoms with van der Waals surface area (Å²) in [6, 6.07) is 15.6. The molecule has 3 aromatic rings. The van der Waals surface area contributed by atoms with Crippen LogP contribution in [0.15, 0.2) is 60.7 Å². The zero-order chi connectivity index (χ0) is 20.1. The first-order valence-electron chi connectivity index (χ1n) is 8.26. The van der Waals surface area contributed by atoms with Gasteiger partial charge in [0.2, 0.25) is 0 Å². The van der Waals surface area contributed by atoms with E-state index in [0.29, 0.717) is 27.9 Å². The van der Waals surface area contributed by atoms with Crippen molar-refractivity contribution in [2.75, 3.05) is 5.32 Å². The summed E-state index contributed by atoms with van der Waals surface area (Å²) in [6.07, 6.45) is 0. The number of anilines is 1. The SMILES string of the molecule is O=[N+]([O-])c1ccc(NCc2cc(Cl)c(OCc3cccc(F)c3)c(Cl)c2)cc1. The molecule has 8 heteroatoms. The van der Waals surface area contributed by atoms with Gasteiger partial charge >= 0.3 is 0 Å². The molecule has 3 rings (SSSR count). The van der Waals surface area contributed by atoms with Crippen molar-refractivity contribution >= 4 is 34.6 Å². The Bertz CT molecular complexity index is 974. The van der Waals surface area contributed by atoms with Crippen LogP contribution in [-0.2, 0) is 13.2 Å². The second-order valence-electron chi connectivity index (χ2n) is 5.96. The van der Waals surface area contributed by atoms with Crippen molar-refractivity contribution in [1.29, 1.82) is 0 Å². The molecule has 0 saturated carbocycles. The number of hydrogen-bond acceptors (Lipinski definition) is 4. The van der Waals surface area contributed by atoms with Crippen LogP contribution < -0.4 is 10.1 Å².